The molecule has 9 heteroatoms. The van der Waals surface area contributed by atoms with E-state index in [1.54, 1.807) is 12.1 Å². The fourth-order valence-corrected chi connectivity index (χ4v) is 6.12. The lowest BCUT2D eigenvalue weighted by atomic mass is 9.98. The van der Waals surface area contributed by atoms with E-state index in [0.717, 1.165) is 16.3 Å². The van der Waals surface area contributed by atoms with Gasteiger partial charge in [-0.25, -0.2) is 8.42 Å². The van der Waals surface area contributed by atoms with Gasteiger partial charge in [-0.1, -0.05) is 61.5 Å². The Morgan fingerprint density at radius 3 is 2.57 bits per heavy atom. The van der Waals surface area contributed by atoms with Crippen LogP contribution in [0.5, 0.6) is 0 Å². The van der Waals surface area contributed by atoms with Gasteiger partial charge in [0, 0.05) is 31.1 Å². The molecule has 1 fully saturated rings. The Balaban J connectivity index is 1.22. The first kappa shape index (κ1) is 25.1. The van der Waals surface area contributed by atoms with Gasteiger partial charge in [-0.15, -0.1) is 0 Å². The summed E-state index contributed by atoms with van der Waals surface area (Å²) in [6.45, 7) is 4.57. The van der Waals surface area contributed by atoms with Crippen LogP contribution >= 0.6 is 0 Å². The number of amides is 1. The monoisotopic (exact) mass is 518 g/mol. The molecular formula is C28H30N4O4S. The number of nitrogens with zero attached hydrogens (tertiary/aromatic N) is 3. The first-order chi connectivity index (χ1) is 17.8. The minimum absolute atomic E-state index is 0.162. The summed E-state index contributed by atoms with van der Waals surface area (Å²) in [5.41, 5.74) is 1.67. The van der Waals surface area contributed by atoms with Crippen molar-refractivity contribution in [3.63, 3.8) is 0 Å². The Labute approximate surface area is 216 Å². The molecule has 192 valence electrons. The summed E-state index contributed by atoms with van der Waals surface area (Å²) in [5, 5.41) is 8.83. The van der Waals surface area contributed by atoms with Crippen LogP contribution < -0.4 is 5.32 Å². The molecule has 0 saturated carbocycles. The molecule has 1 aromatic heterocycles. The van der Waals surface area contributed by atoms with Gasteiger partial charge in [-0.05, 0) is 53.4 Å². The first-order valence-electron chi connectivity index (χ1n) is 12.5. The Bertz CT molecular complexity index is 1510. The van der Waals surface area contributed by atoms with Crippen LogP contribution in [0, 0.1) is 5.92 Å². The number of hydrogen-bond acceptors (Lipinski definition) is 6. The normalized spacial score (nSPS) is 16.8. The van der Waals surface area contributed by atoms with Gasteiger partial charge in [-0.3, -0.25) is 4.79 Å². The second-order valence-electron chi connectivity index (χ2n) is 9.78. The van der Waals surface area contributed by atoms with Crippen molar-refractivity contribution in [1.82, 2.24) is 14.4 Å². The van der Waals surface area contributed by atoms with Crippen molar-refractivity contribution in [2.45, 2.75) is 43.9 Å². The zero-order chi connectivity index (χ0) is 26.0. The van der Waals surface area contributed by atoms with E-state index in [0.29, 0.717) is 43.2 Å². The number of rotatable bonds is 7. The maximum atomic E-state index is 13.4. The van der Waals surface area contributed by atoms with Gasteiger partial charge in [0.05, 0.1) is 10.8 Å². The first-order valence-corrected chi connectivity index (χ1v) is 13.9. The zero-order valence-electron chi connectivity index (χ0n) is 20.9. The molecule has 1 amide bonds. The van der Waals surface area contributed by atoms with E-state index >= 15 is 0 Å². The molecule has 5 rings (SSSR count). The second kappa shape index (κ2) is 10.4. The minimum Gasteiger partial charge on any atom is -0.339 e. The molecule has 1 atom stereocenters. The van der Waals surface area contributed by atoms with Gasteiger partial charge >= 0.3 is 0 Å². The van der Waals surface area contributed by atoms with Crippen molar-refractivity contribution in [1.29, 1.82) is 0 Å². The van der Waals surface area contributed by atoms with Crippen LogP contribution in [0.1, 0.15) is 49.9 Å². The molecule has 1 aliphatic rings. The van der Waals surface area contributed by atoms with Crippen LogP contribution in [0.15, 0.2) is 76.1 Å². The standard InChI is InChI=1S/C28H30N4O4S/c1-19(2)28-30-26(31-36-28)16-20-9-12-24(13-10-20)29-27(33)23-8-5-15-32(18-23)37(34,35)25-14-11-21-6-3-4-7-22(21)17-25/h3-4,6-7,9-14,17,19,23H,5,8,15-16,18H2,1-2H3,(H,29,33). The predicted octanol–water partition coefficient (Wildman–Crippen LogP) is 4.98. The second-order valence-corrected chi connectivity index (χ2v) is 11.7. The summed E-state index contributed by atoms with van der Waals surface area (Å²) in [6.07, 6.45) is 1.81. The molecule has 37 heavy (non-hydrogen) atoms. The summed E-state index contributed by atoms with van der Waals surface area (Å²) in [6, 6.07) is 20.3. The third-order valence-electron chi connectivity index (χ3n) is 6.68. The number of anilines is 1. The van der Waals surface area contributed by atoms with Gasteiger partial charge in [0.1, 0.15) is 0 Å². The number of sulfonamides is 1. The van der Waals surface area contributed by atoms with Gasteiger partial charge in [0.2, 0.25) is 21.8 Å². The molecule has 0 bridgehead atoms. The van der Waals surface area contributed by atoms with Crippen molar-refractivity contribution in [3.8, 4) is 0 Å². The molecule has 0 radical (unpaired) electrons. The Hall–Kier alpha value is -3.56. The summed E-state index contributed by atoms with van der Waals surface area (Å²) in [4.78, 5) is 17.7. The van der Waals surface area contributed by atoms with Crippen molar-refractivity contribution >= 4 is 32.4 Å². The van der Waals surface area contributed by atoms with Crippen molar-refractivity contribution in [2.24, 2.45) is 5.92 Å². The Kier molecular flexibility index (Phi) is 7.08. The number of aromatic nitrogens is 2. The SMILES string of the molecule is CC(C)c1nc(Cc2ccc(NC(=O)C3CCCN(S(=O)(=O)c4ccc5ccccc5c4)C3)cc2)no1. The Morgan fingerprint density at radius 1 is 1.08 bits per heavy atom. The third kappa shape index (κ3) is 5.57. The summed E-state index contributed by atoms with van der Waals surface area (Å²) < 4.78 is 33.4. The van der Waals surface area contributed by atoms with Gasteiger partial charge in [0.15, 0.2) is 5.82 Å². The van der Waals surface area contributed by atoms with Crippen LogP contribution in [0.3, 0.4) is 0 Å². The lowest BCUT2D eigenvalue weighted by molar-refractivity contribution is -0.120. The number of carbonyl (C=O) groups is 1. The molecule has 4 aromatic rings. The number of nitrogens with one attached hydrogen (secondary N) is 1. The molecule has 0 spiro atoms. The molecule has 2 heterocycles. The molecule has 3 aromatic carbocycles. The van der Waals surface area contributed by atoms with Gasteiger partial charge in [0.25, 0.3) is 0 Å². The van der Waals surface area contributed by atoms with E-state index < -0.39 is 15.9 Å². The molecule has 1 unspecified atom stereocenters. The van der Waals surface area contributed by atoms with Crippen LogP contribution in [0.4, 0.5) is 5.69 Å². The van der Waals surface area contributed by atoms with Gasteiger partial charge in [-0.2, -0.15) is 9.29 Å². The van der Waals surface area contributed by atoms with Crippen molar-refractivity contribution < 1.29 is 17.7 Å². The molecule has 1 aliphatic heterocycles. The van der Waals surface area contributed by atoms with E-state index in [4.69, 9.17) is 4.52 Å². The highest BCUT2D eigenvalue weighted by molar-refractivity contribution is 7.89. The minimum atomic E-state index is -3.70. The van der Waals surface area contributed by atoms with E-state index in [2.05, 4.69) is 15.5 Å². The zero-order valence-corrected chi connectivity index (χ0v) is 21.7. The summed E-state index contributed by atoms with van der Waals surface area (Å²) in [7, 11) is -3.70. The van der Waals surface area contributed by atoms with Crippen LogP contribution in [-0.4, -0.2) is 41.9 Å². The van der Waals surface area contributed by atoms with E-state index in [1.165, 1.54) is 4.31 Å². The number of carbonyl (C=O) groups excluding carboxylic acids is 1. The van der Waals surface area contributed by atoms with E-state index in [-0.39, 0.29) is 23.3 Å². The van der Waals surface area contributed by atoms with Crippen LogP contribution in [0.2, 0.25) is 0 Å². The smallest absolute Gasteiger partial charge is 0.243 e. The maximum Gasteiger partial charge on any atom is 0.243 e. The number of benzene rings is 3. The van der Waals surface area contributed by atoms with Crippen LogP contribution in [-0.2, 0) is 21.2 Å². The molecule has 1 saturated heterocycles. The van der Waals surface area contributed by atoms with Crippen molar-refractivity contribution in [3.05, 3.63) is 84.0 Å². The molecule has 0 aliphatic carbocycles. The predicted molar refractivity (Wildman–Crippen MR) is 142 cm³/mol. The van der Waals surface area contributed by atoms with Crippen LogP contribution in [0.25, 0.3) is 10.8 Å². The Morgan fingerprint density at radius 2 is 1.84 bits per heavy atom. The highest BCUT2D eigenvalue weighted by atomic mass is 32.2. The largest absolute Gasteiger partial charge is 0.339 e. The fourth-order valence-electron chi connectivity index (χ4n) is 4.56. The summed E-state index contributed by atoms with van der Waals surface area (Å²) in [5.74, 6) is 0.818. The highest BCUT2D eigenvalue weighted by Crippen LogP contribution is 2.27. The topological polar surface area (TPSA) is 105 Å². The average molecular weight is 519 g/mol. The molecular weight excluding hydrogens is 488 g/mol. The third-order valence-corrected chi connectivity index (χ3v) is 8.54. The highest BCUT2D eigenvalue weighted by Gasteiger charge is 2.33. The van der Waals surface area contributed by atoms with E-state index in [1.807, 2.05) is 68.4 Å². The van der Waals surface area contributed by atoms with Crippen molar-refractivity contribution in [2.75, 3.05) is 18.4 Å². The lowest BCUT2D eigenvalue weighted by Crippen LogP contribution is -2.43. The lowest BCUT2D eigenvalue weighted by Gasteiger charge is -2.31. The average Bonchev–Trinajstić information content (AvgIpc) is 3.38. The van der Waals surface area contributed by atoms with Gasteiger partial charge < -0.3 is 9.84 Å². The number of fused-ring (bicyclic) bond motifs is 1. The quantitative estimate of drug-likeness (QED) is 0.370. The summed E-state index contributed by atoms with van der Waals surface area (Å²) >= 11 is 0. The molecule has 1 N–H and O–H groups in total. The van der Waals surface area contributed by atoms with E-state index in [9.17, 15) is 13.2 Å². The number of piperidine rings is 1. The molecule has 8 nitrogen and oxygen atoms in total. The number of hydrogen-bond donors (Lipinski definition) is 1. The maximum absolute atomic E-state index is 13.4. The fraction of sp³-hybridized carbons (Fsp3) is 0.321.